The summed E-state index contributed by atoms with van der Waals surface area (Å²) in [6, 6.07) is 4.15. The maximum atomic E-state index is 6.11. The number of alkyl halides is 1. The van der Waals surface area contributed by atoms with Crippen molar-refractivity contribution in [2.45, 2.75) is 32.1 Å². The Hall–Kier alpha value is -0.0800. The fraction of sp³-hybridized carbons (Fsp3) is 0.583. The van der Waals surface area contributed by atoms with Gasteiger partial charge in [0, 0.05) is 22.2 Å². The summed E-state index contributed by atoms with van der Waals surface area (Å²) in [4.78, 5) is 4.43. The molecular formula is C12H15BrClN. The Morgan fingerprint density at radius 2 is 2.07 bits per heavy atom. The zero-order valence-electron chi connectivity index (χ0n) is 8.68. The van der Waals surface area contributed by atoms with Crippen LogP contribution in [-0.4, -0.2) is 10.9 Å². The topological polar surface area (TPSA) is 12.9 Å². The van der Waals surface area contributed by atoms with Crippen molar-refractivity contribution in [3.05, 3.63) is 28.5 Å². The molecule has 1 nitrogen and oxygen atoms in total. The highest BCUT2D eigenvalue weighted by Gasteiger charge is 2.33. The molecule has 1 fully saturated rings. The van der Waals surface area contributed by atoms with Gasteiger partial charge in [-0.25, -0.2) is 0 Å². The minimum absolute atomic E-state index is 0.322. The van der Waals surface area contributed by atoms with Crippen LogP contribution in [-0.2, 0) is 6.42 Å². The second-order valence-electron chi connectivity index (χ2n) is 4.49. The van der Waals surface area contributed by atoms with Crippen molar-refractivity contribution in [2.24, 2.45) is 5.41 Å². The van der Waals surface area contributed by atoms with E-state index >= 15 is 0 Å². The van der Waals surface area contributed by atoms with Gasteiger partial charge in [-0.2, -0.15) is 0 Å². The third-order valence-corrected chi connectivity index (χ3v) is 4.33. The summed E-state index contributed by atoms with van der Waals surface area (Å²) in [5, 5.41) is 0. The Labute approximate surface area is 104 Å². The van der Waals surface area contributed by atoms with Gasteiger partial charge < -0.3 is 0 Å². The van der Waals surface area contributed by atoms with Gasteiger partial charge in [-0.3, -0.25) is 4.98 Å². The zero-order chi connectivity index (χ0) is 10.7. The Bertz CT molecular complexity index is 317. The average Bonchev–Trinajstić information content (AvgIpc) is 2.71. The smallest absolute Gasteiger partial charge is 0.0413 e. The molecule has 1 aliphatic carbocycles. The normalized spacial score (nSPS) is 19.3. The Kier molecular flexibility index (Phi) is 3.68. The third kappa shape index (κ3) is 2.73. The molecule has 0 atom stereocenters. The maximum absolute atomic E-state index is 6.11. The summed E-state index contributed by atoms with van der Waals surface area (Å²) in [7, 11) is 0. The quantitative estimate of drug-likeness (QED) is 0.760. The van der Waals surface area contributed by atoms with Crippen LogP contribution in [0.5, 0.6) is 0 Å². The molecule has 1 aromatic heterocycles. The van der Waals surface area contributed by atoms with E-state index in [4.69, 9.17) is 11.6 Å². The van der Waals surface area contributed by atoms with Gasteiger partial charge in [0.1, 0.15) is 0 Å². The van der Waals surface area contributed by atoms with Crippen molar-refractivity contribution >= 4 is 27.5 Å². The lowest BCUT2D eigenvalue weighted by atomic mass is 9.83. The SMILES string of the molecule is ClCC1(Cc2ccc(Br)cn2)CCCC1. The molecule has 1 aliphatic rings. The van der Waals surface area contributed by atoms with Crippen molar-refractivity contribution in [1.29, 1.82) is 0 Å². The second-order valence-corrected chi connectivity index (χ2v) is 5.67. The molecule has 82 valence electrons. The fourth-order valence-electron chi connectivity index (χ4n) is 2.38. The van der Waals surface area contributed by atoms with Gasteiger partial charge in [0.25, 0.3) is 0 Å². The molecule has 2 rings (SSSR count). The van der Waals surface area contributed by atoms with Crippen LogP contribution in [0, 0.1) is 5.41 Å². The van der Waals surface area contributed by atoms with E-state index in [2.05, 4.69) is 33.0 Å². The van der Waals surface area contributed by atoms with Gasteiger partial charge in [-0.05, 0) is 52.7 Å². The highest BCUT2D eigenvalue weighted by Crippen LogP contribution is 2.41. The minimum atomic E-state index is 0.322. The van der Waals surface area contributed by atoms with Gasteiger partial charge >= 0.3 is 0 Å². The first-order valence-corrected chi connectivity index (χ1v) is 6.73. The number of hydrogen-bond acceptors (Lipinski definition) is 1. The molecular weight excluding hydrogens is 273 g/mol. The molecule has 0 bridgehead atoms. The van der Waals surface area contributed by atoms with Crippen LogP contribution in [0.4, 0.5) is 0 Å². The maximum Gasteiger partial charge on any atom is 0.0413 e. The van der Waals surface area contributed by atoms with Crippen LogP contribution in [0.2, 0.25) is 0 Å². The summed E-state index contributed by atoms with van der Waals surface area (Å²) < 4.78 is 1.04. The molecule has 1 saturated carbocycles. The van der Waals surface area contributed by atoms with E-state index in [1.165, 1.54) is 31.4 Å². The molecule has 1 heterocycles. The van der Waals surface area contributed by atoms with Crippen molar-refractivity contribution in [3.63, 3.8) is 0 Å². The predicted octanol–water partition coefficient (Wildman–Crippen LogP) is 4.19. The average molecular weight is 289 g/mol. The Morgan fingerprint density at radius 1 is 1.33 bits per heavy atom. The van der Waals surface area contributed by atoms with Crippen LogP contribution in [0.1, 0.15) is 31.4 Å². The van der Waals surface area contributed by atoms with E-state index in [1.54, 1.807) is 0 Å². The monoisotopic (exact) mass is 287 g/mol. The largest absolute Gasteiger partial charge is 0.260 e. The van der Waals surface area contributed by atoms with Gasteiger partial charge in [0.05, 0.1) is 0 Å². The lowest BCUT2D eigenvalue weighted by Crippen LogP contribution is -2.22. The number of pyridine rings is 1. The first-order valence-electron chi connectivity index (χ1n) is 5.41. The predicted molar refractivity (Wildman–Crippen MR) is 67.3 cm³/mol. The molecule has 0 aliphatic heterocycles. The molecule has 0 unspecified atom stereocenters. The van der Waals surface area contributed by atoms with Crippen molar-refractivity contribution in [1.82, 2.24) is 4.98 Å². The number of hydrogen-bond donors (Lipinski definition) is 0. The van der Waals surface area contributed by atoms with Crippen LogP contribution in [0.15, 0.2) is 22.8 Å². The van der Waals surface area contributed by atoms with Gasteiger partial charge in [0.15, 0.2) is 0 Å². The van der Waals surface area contributed by atoms with Crippen molar-refractivity contribution in [2.75, 3.05) is 5.88 Å². The van der Waals surface area contributed by atoms with Crippen LogP contribution in [0.3, 0.4) is 0 Å². The molecule has 3 heteroatoms. The molecule has 0 radical (unpaired) electrons. The standard InChI is InChI=1S/C12H15BrClN/c13-10-3-4-11(15-8-10)7-12(9-14)5-1-2-6-12/h3-4,8H,1-2,5-7,9H2. The fourth-order valence-corrected chi connectivity index (χ4v) is 2.97. The van der Waals surface area contributed by atoms with Crippen molar-refractivity contribution < 1.29 is 0 Å². The summed E-state index contributed by atoms with van der Waals surface area (Å²) in [5.41, 5.74) is 1.49. The number of halogens is 2. The lowest BCUT2D eigenvalue weighted by molar-refractivity contribution is 0.337. The first-order chi connectivity index (χ1) is 7.24. The van der Waals surface area contributed by atoms with Crippen LogP contribution in [0.25, 0.3) is 0 Å². The summed E-state index contributed by atoms with van der Waals surface area (Å²) >= 11 is 9.51. The highest BCUT2D eigenvalue weighted by molar-refractivity contribution is 9.10. The van der Waals surface area contributed by atoms with E-state index in [-0.39, 0.29) is 0 Å². The Balaban J connectivity index is 2.09. The van der Waals surface area contributed by atoms with Crippen LogP contribution >= 0.6 is 27.5 Å². The first kappa shape index (κ1) is 11.4. The van der Waals surface area contributed by atoms with Crippen molar-refractivity contribution in [3.8, 4) is 0 Å². The van der Waals surface area contributed by atoms with Crippen LogP contribution < -0.4 is 0 Å². The lowest BCUT2D eigenvalue weighted by Gasteiger charge is -2.25. The van der Waals surface area contributed by atoms with E-state index < -0.39 is 0 Å². The summed E-state index contributed by atoms with van der Waals surface area (Å²) in [5.74, 6) is 0.769. The molecule has 1 aromatic rings. The molecule has 0 amide bonds. The van der Waals surface area contributed by atoms with E-state index in [0.717, 1.165) is 16.8 Å². The molecule has 15 heavy (non-hydrogen) atoms. The number of rotatable bonds is 3. The minimum Gasteiger partial charge on any atom is -0.260 e. The molecule has 0 spiro atoms. The molecule has 0 N–H and O–H groups in total. The molecule has 0 aromatic carbocycles. The second kappa shape index (κ2) is 4.84. The van der Waals surface area contributed by atoms with E-state index in [0.29, 0.717) is 5.41 Å². The number of nitrogens with zero attached hydrogens (tertiary/aromatic N) is 1. The third-order valence-electron chi connectivity index (χ3n) is 3.29. The summed E-state index contributed by atoms with van der Waals surface area (Å²) in [6.07, 6.45) is 8.06. The zero-order valence-corrected chi connectivity index (χ0v) is 11.0. The van der Waals surface area contributed by atoms with Gasteiger partial charge in [0.2, 0.25) is 0 Å². The summed E-state index contributed by atoms with van der Waals surface area (Å²) in [6.45, 7) is 0. The molecule has 0 saturated heterocycles. The number of aromatic nitrogens is 1. The van der Waals surface area contributed by atoms with Gasteiger partial charge in [-0.1, -0.05) is 12.8 Å². The van der Waals surface area contributed by atoms with E-state index in [1.807, 2.05) is 6.20 Å². The van der Waals surface area contributed by atoms with E-state index in [9.17, 15) is 0 Å². The Morgan fingerprint density at radius 3 is 2.60 bits per heavy atom. The van der Waals surface area contributed by atoms with Gasteiger partial charge in [-0.15, -0.1) is 11.6 Å². The highest BCUT2D eigenvalue weighted by atomic mass is 79.9.